The first kappa shape index (κ1) is 18.7. The molecule has 5 N–H and O–H groups in total. The van der Waals surface area contributed by atoms with Crippen LogP contribution >= 0.6 is 0 Å². The lowest BCUT2D eigenvalue weighted by molar-refractivity contribution is -0.182. The predicted molar refractivity (Wildman–Crippen MR) is 92.9 cm³/mol. The van der Waals surface area contributed by atoms with E-state index < -0.39 is 12.1 Å². The van der Waals surface area contributed by atoms with Gasteiger partial charge in [0.2, 0.25) is 0 Å². The topological polar surface area (TPSA) is 125 Å². The van der Waals surface area contributed by atoms with Gasteiger partial charge in [-0.15, -0.1) is 0 Å². The summed E-state index contributed by atoms with van der Waals surface area (Å²) in [4.78, 5) is 25.2. The fourth-order valence-corrected chi connectivity index (χ4v) is 2.82. The smallest absolute Gasteiger partial charge is 0.404 e. The van der Waals surface area contributed by atoms with E-state index in [1.807, 2.05) is 30.3 Å². The second kappa shape index (κ2) is 9.00. The first-order valence-electron chi connectivity index (χ1n) is 8.06. The molecule has 134 valence electrons. The van der Waals surface area contributed by atoms with Crippen LogP contribution in [0.1, 0.15) is 36.0 Å². The zero-order chi connectivity index (χ0) is 18.2. The fraction of sp³-hybridized carbons (Fsp3) is 0.333. The first-order chi connectivity index (χ1) is 12.0. The third kappa shape index (κ3) is 5.44. The normalized spacial score (nSPS) is 19.4. The summed E-state index contributed by atoms with van der Waals surface area (Å²) in [6, 6.07) is 12.9. The summed E-state index contributed by atoms with van der Waals surface area (Å²) in [6.07, 6.45) is 2.89. The molecule has 0 heterocycles. The van der Waals surface area contributed by atoms with E-state index >= 15 is 0 Å². The lowest BCUT2D eigenvalue weighted by Crippen LogP contribution is -2.32. The maximum Gasteiger partial charge on any atom is 0.404 e. The number of carbonyl (C=O) groups excluding carboxylic acids is 2. The Kier molecular flexibility index (Phi) is 6.73. The van der Waals surface area contributed by atoms with Gasteiger partial charge in [0.25, 0.3) is 0 Å². The molecule has 0 spiro atoms. The summed E-state index contributed by atoms with van der Waals surface area (Å²) in [5, 5.41) is 10.0. The number of benzene rings is 2. The van der Waals surface area contributed by atoms with Crippen molar-refractivity contribution >= 4 is 22.8 Å². The summed E-state index contributed by atoms with van der Waals surface area (Å²) in [5.74, 6) is -0.734. The third-order valence-electron chi connectivity index (χ3n) is 4.09. The number of primary amides is 1. The highest BCUT2D eigenvalue weighted by Gasteiger charge is 2.20. The van der Waals surface area contributed by atoms with Gasteiger partial charge in [0, 0.05) is 6.04 Å². The van der Waals surface area contributed by atoms with Gasteiger partial charge in [-0.05, 0) is 42.5 Å². The molecule has 1 saturated carbocycles. The van der Waals surface area contributed by atoms with Crippen LogP contribution in [0.4, 0.5) is 4.79 Å². The number of rotatable bonds is 2. The number of ether oxygens (including phenoxy) is 1. The van der Waals surface area contributed by atoms with E-state index in [0.717, 1.165) is 36.5 Å². The number of hydrogen-bond acceptors (Lipinski definition) is 6. The second-order valence-corrected chi connectivity index (χ2v) is 5.88. The molecule has 0 aromatic heterocycles. The predicted octanol–water partition coefficient (Wildman–Crippen LogP) is 2.82. The van der Waals surface area contributed by atoms with Gasteiger partial charge in [-0.2, -0.15) is 5.26 Å². The highest BCUT2D eigenvalue weighted by atomic mass is 17.1. The molecular formula is C18H22N2O5. The Bertz CT molecular complexity index is 721. The highest BCUT2D eigenvalue weighted by Crippen LogP contribution is 2.20. The van der Waals surface area contributed by atoms with E-state index in [0.29, 0.717) is 5.56 Å². The minimum absolute atomic E-state index is 0.00676. The Morgan fingerprint density at radius 1 is 1.00 bits per heavy atom. The van der Waals surface area contributed by atoms with E-state index in [2.05, 4.69) is 4.89 Å². The minimum atomic E-state index is -0.734. The highest BCUT2D eigenvalue weighted by molar-refractivity contribution is 6.04. The summed E-state index contributed by atoms with van der Waals surface area (Å²) >= 11 is 0. The zero-order valence-electron chi connectivity index (χ0n) is 13.8. The molecule has 1 fully saturated rings. The Morgan fingerprint density at radius 2 is 1.64 bits per heavy atom. The molecule has 0 aliphatic heterocycles. The van der Waals surface area contributed by atoms with Gasteiger partial charge in [-0.25, -0.2) is 9.59 Å². The lowest BCUT2D eigenvalue weighted by Gasteiger charge is -2.24. The van der Waals surface area contributed by atoms with Crippen LogP contribution in [0.25, 0.3) is 10.8 Å². The van der Waals surface area contributed by atoms with E-state index in [1.54, 1.807) is 12.1 Å². The van der Waals surface area contributed by atoms with Crippen molar-refractivity contribution in [2.45, 2.75) is 37.8 Å². The lowest BCUT2D eigenvalue weighted by atomic mass is 9.94. The van der Waals surface area contributed by atoms with Gasteiger partial charge >= 0.3 is 12.1 Å². The van der Waals surface area contributed by atoms with Crippen molar-refractivity contribution in [2.75, 3.05) is 0 Å². The summed E-state index contributed by atoms with van der Waals surface area (Å²) in [7, 11) is 0. The molecule has 0 saturated heterocycles. The van der Waals surface area contributed by atoms with E-state index in [4.69, 9.17) is 21.5 Å². The van der Waals surface area contributed by atoms with Gasteiger partial charge in [0.1, 0.15) is 6.10 Å². The quantitative estimate of drug-likeness (QED) is 0.567. The van der Waals surface area contributed by atoms with Gasteiger partial charge in [0.05, 0.1) is 5.56 Å². The molecule has 0 unspecified atom stereocenters. The van der Waals surface area contributed by atoms with E-state index in [-0.39, 0.29) is 12.1 Å². The Labute approximate surface area is 145 Å². The van der Waals surface area contributed by atoms with Crippen LogP contribution in [0, 0.1) is 0 Å². The molecule has 25 heavy (non-hydrogen) atoms. The van der Waals surface area contributed by atoms with Crippen LogP contribution in [0.2, 0.25) is 0 Å². The fourth-order valence-electron chi connectivity index (χ4n) is 2.82. The Hall–Kier alpha value is -2.64. The average molecular weight is 346 g/mol. The summed E-state index contributed by atoms with van der Waals surface area (Å²) < 4.78 is 4.82. The van der Waals surface area contributed by atoms with Crippen molar-refractivity contribution in [1.29, 1.82) is 0 Å². The van der Waals surface area contributed by atoms with Gasteiger partial charge in [0.15, 0.2) is 0 Å². The summed E-state index contributed by atoms with van der Waals surface area (Å²) in [5.41, 5.74) is 10.9. The molecule has 3 rings (SSSR count). The van der Waals surface area contributed by atoms with Crippen molar-refractivity contribution in [3.63, 3.8) is 0 Å². The van der Waals surface area contributed by atoms with Crippen molar-refractivity contribution in [2.24, 2.45) is 11.5 Å². The SMILES string of the molecule is NC(=O)O[C@H]1CC[C@H](N)CC1.O=C(OO)c1cccc2ccccc12. The number of fused-ring (bicyclic) bond motifs is 1. The first-order valence-corrected chi connectivity index (χ1v) is 8.06. The number of hydrogen-bond donors (Lipinski definition) is 3. The van der Waals surface area contributed by atoms with Crippen LogP contribution in [0.15, 0.2) is 42.5 Å². The number of nitrogens with two attached hydrogens (primary N) is 2. The molecule has 0 radical (unpaired) electrons. The standard InChI is InChI=1S/C11H8O3.C7H14N2O2/c12-11(14-13)10-7-3-5-8-4-1-2-6-9(8)10;8-5-1-3-6(4-2-5)11-7(9)10/h1-7,13H;5-6H,1-4,8H2,(H2,9,10)/t;5-,6-. The summed E-state index contributed by atoms with van der Waals surface area (Å²) in [6.45, 7) is 0. The second-order valence-electron chi connectivity index (χ2n) is 5.88. The molecule has 7 heteroatoms. The number of carbonyl (C=O) groups is 2. The monoisotopic (exact) mass is 346 g/mol. The van der Waals surface area contributed by atoms with E-state index in [9.17, 15) is 9.59 Å². The van der Waals surface area contributed by atoms with Crippen LogP contribution in [-0.4, -0.2) is 29.5 Å². The molecule has 1 amide bonds. The Balaban J connectivity index is 0.000000186. The van der Waals surface area contributed by atoms with Crippen molar-refractivity contribution < 1.29 is 24.5 Å². The molecular weight excluding hydrogens is 324 g/mol. The van der Waals surface area contributed by atoms with Crippen molar-refractivity contribution in [3.05, 3.63) is 48.0 Å². The molecule has 7 nitrogen and oxygen atoms in total. The average Bonchev–Trinajstić information content (AvgIpc) is 2.62. The van der Waals surface area contributed by atoms with Gasteiger partial charge in [-0.3, -0.25) is 4.89 Å². The van der Waals surface area contributed by atoms with Crippen LogP contribution in [0.5, 0.6) is 0 Å². The maximum atomic E-state index is 11.2. The maximum absolute atomic E-state index is 11.2. The molecule has 1 aliphatic rings. The van der Waals surface area contributed by atoms with Crippen molar-refractivity contribution in [1.82, 2.24) is 0 Å². The van der Waals surface area contributed by atoms with Crippen molar-refractivity contribution in [3.8, 4) is 0 Å². The minimum Gasteiger partial charge on any atom is -0.446 e. The van der Waals surface area contributed by atoms with E-state index in [1.165, 1.54) is 0 Å². The largest absolute Gasteiger partial charge is 0.446 e. The molecule has 2 aromatic carbocycles. The zero-order valence-corrected chi connectivity index (χ0v) is 13.8. The Morgan fingerprint density at radius 3 is 2.28 bits per heavy atom. The van der Waals surface area contributed by atoms with Gasteiger partial charge < -0.3 is 16.2 Å². The molecule has 1 aliphatic carbocycles. The molecule has 0 atom stereocenters. The number of amides is 1. The molecule has 0 bridgehead atoms. The van der Waals surface area contributed by atoms with Crippen LogP contribution < -0.4 is 11.5 Å². The third-order valence-corrected chi connectivity index (χ3v) is 4.09. The van der Waals surface area contributed by atoms with Crippen LogP contribution in [0.3, 0.4) is 0 Å². The molecule has 2 aromatic rings. The van der Waals surface area contributed by atoms with Crippen LogP contribution in [-0.2, 0) is 9.62 Å². The van der Waals surface area contributed by atoms with Gasteiger partial charge in [-0.1, -0.05) is 36.4 Å².